The van der Waals surface area contributed by atoms with Gasteiger partial charge in [0.1, 0.15) is 11.6 Å². The van der Waals surface area contributed by atoms with Crippen LogP contribution in [0.5, 0.6) is 5.75 Å². The Morgan fingerprint density at radius 1 is 1.31 bits per heavy atom. The van der Waals surface area contributed by atoms with E-state index in [1.807, 2.05) is 23.2 Å². The van der Waals surface area contributed by atoms with E-state index in [2.05, 4.69) is 21.5 Å². The van der Waals surface area contributed by atoms with Gasteiger partial charge >= 0.3 is 0 Å². The van der Waals surface area contributed by atoms with Crippen LogP contribution in [0.1, 0.15) is 50.2 Å². The van der Waals surface area contributed by atoms with Crippen molar-refractivity contribution in [2.45, 2.75) is 51.6 Å². The van der Waals surface area contributed by atoms with Crippen LogP contribution in [0.25, 0.3) is 11.3 Å². The molecule has 0 bridgehead atoms. The fourth-order valence-electron chi connectivity index (χ4n) is 3.99. The molecule has 2 N–H and O–H groups in total. The number of hydrogen-bond donors (Lipinski definition) is 2. The first-order valence-electron chi connectivity index (χ1n) is 10.3. The molecule has 0 spiro atoms. The second-order valence-electron chi connectivity index (χ2n) is 7.52. The minimum atomic E-state index is -0.0300. The van der Waals surface area contributed by atoms with Crippen LogP contribution in [-0.2, 0) is 17.8 Å². The van der Waals surface area contributed by atoms with Gasteiger partial charge in [-0.25, -0.2) is 9.97 Å². The summed E-state index contributed by atoms with van der Waals surface area (Å²) in [7, 11) is 0. The summed E-state index contributed by atoms with van der Waals surface area (Å²) in [6, 6.07) is 7.22. The lowest BCUT2D eigenvalue weighted by molar-refractivity contribution is -0.135. The molecule has 29 heavy (non-hydrogen) atoms. The lowest BCUT2D eigenvalue weighted by Gasteiger charge is -2.36. The number of amides is 1. The molecule has 1 aromatic carbocycles. The second-order valence-corrected chi connectivity index (χ2v) is 7.52. The van der Waals surface area contributed by atoms with Crippen molar-refractivity contribution in [2.75, 3.05) is 6.54 Å². The van der Waals surface area contributed by atoms with Gasteiger partial charge < -0.3 is 19.6 Å². The number of carbonyl (C=O) groups is 1. The number of rotatable bonds is 7. The zero-order chi connectivity index (χ0) is 20.2. The number of para-hydroxylation sites is 1. The predicted octanol–water partition coefficient (Wildman–Crippen LogP) is 3.69. The SMILES string of the molecule is CCCC[C@H]1c2nc(-c3ccccc3O)cn2CCN1C(=O)CCc1cnc[nH]1. The van der Waals surface area contributed by atoms with E-state index in [-0.39, 0.29) is 17.7 Å². The van der Waals surface area contributed by atoms with Crippen molar-refractivity contribution in [1.29, 1.82) is 0 Å². The Morgan fingerprint density at radius 3 is 2.93 bits per heavy atom. The van der Waals surface area contributed by atoms with Gasteiger partial charge in [0, 0.05) is 43.2 Å². The number of hydrogen-bond acceptors (Lipinski definition) is 4. The maximum absolute atomic E-state index is 13.0. The highest BCUT2D eigenvalue weighted by molar-refractivity contribution is 5.77. The molecule has 0 saturated carbocycles. The van der Waals surface area contributed by atoms with Crippen LogP contribution in [0.3, 0.4) is 0 Å². The molecular formula is C22H27N5O2. The van der Waals surface area contributed by atoms with Gasteiger partial charge in [0.15, 0.2) is 0 Å². The summed E-state index contributed by atoms with van der Waals surface area (Å²) in [5.41, 5.74) is 2.45. The Kier molecular flexibility index (Phi) is 5.64. The third-order valence-electron chi connectivity index (χ3n) is 5.56. The molecule has 1 aliphatic rings. The molecule has 0 unspecified atom stereocenters. The number of carbonyl (C=O) groups excluding carboxylic acids is 1. The Balaban J connectivity index is 1.58. The molecule has 152 valence electrons. The largest absolute Gasteiger partial charge is 0.507 e. The third kappa shape index (κ3) is 4.04. The third-order valence-corrected chi connectivity index (χ3v) is 5.56. The van der Waals surface area contributed by atoms with Crippen molar-refractivity contribution in [1.82, 2.24) is 24.4 Å². The fourth-order valence-corrected chi connectivity index (χ4v) is 3.99. The summed E-state index contributed by atoms with van der Waals surface area (Å²) in [5, 5.41) is 10.2. The molecule has 0 aliphatic carbocycles. The number of benzene rings is 1. The second kappa shape index (κ2) is 8.51. The first-order valence-corrected chi connectivity index (χ1v) is 10.3. The highest BCUT2D eigenvalue weighted by Gasteiger charge is 2.32. The van der Waals surface area contributed by atoms with Gasteiger partial charge in [-0.05, 0) is 25.0 Å². The van der Waals surface area contributed by atoms with E-state index in [9.17, 15) is 9.90 Å². The number of nitrogens with zero attached hydrogens (tertiary/aromatic N) is 4. The van der Waals surface area contributed by atoms with E-state index in [1.165, 1.54) is 0 Å². The monoisotopic (exact) mass is 393 g/mol. The predicted molar refractivity (Wildman–Crippen MR) is 110 cm³/mol. The van der Waals surface area contributed by atoms with Crippen molar-refractivity contribution in [3.63, 3.8) is 0 Å². The van der Waals surface area contributed by atoms with E-state index in [1.54, 1.807) is 24.7 Å². The van der Waals surface area contributed by atoms with Crippen LogP contribution in [0.4, 0.5) is 0 Å². The Morgan fingerprint density at radius 2 is 2.17 bits per heavy atom. The molecule has 0 radical (unpaired) electrons. The minimum absolute atomic E-state index is 0.0300. The molecule has 2 aromatic heterocycles. The first-order chi connectivity index (χ1) is 14.2. The summed E-state index contributed by atoms with van der Waals surface area (Å²) in [5.74, 6) is 1.29. The molecule has 4 rings (SSSR count). The number of aromatic amines is 1. The van der Waals surface area contributed by atoms with Crippen LogP contribution in [0.2, 0.25) is 0 Å². The normalized spacial score (nSPS) is 16.0. The highest BCUT2D eigenvalue weighted by atomic mass is 16.3. The van der Waals surface area contributed by atoms with Crippen LogP contribution in [-0.4, -0.2) is 42.0 Å². The number of imidazole rings is 2. The molecule has 1 amide bonds. The number of nitrogens with one attached hydrogen (secondary N) is 1. The van der Waals surface area contributed by atoms with Crippen LogP contribution < -0.4 is 0 Å². The zero-order valence-corrected chi connectivity index (χ0v) is 16.7. The lowest BCUT2D eigenvalue weighted by atomic mass is 10.0. The van der Waals surface area contributed by atoms with Gasteiger partial charge in [-0.15, -0.1) is 0 Å². The summed E-state index contributed by atoms with van der Waals surface area (Å²) in [6.07, 6.45) is 9.52. The Hall–Kier alpha value is -3.09. The summed E-state index contributed by atoms with van der Waals surface area (Å²) < 4.78 is 2.14. The number of aromatic nitrogens is 4. The molecule has 3 heterocycles. The van der Waals surface area contributed by atoms with E-state index >= 15 is 0 Å². The summed E-state index contributed by atoms with van der Waals surface area (Å²) >= 11 is 0. The number of aryl methyl sites for hydroxylation is 1. The fraction of sp³-hybridized carbons (Fsp3) is 0.409. The molecule has 0 fully saturated rings. The maximum atomic E-state index is 13.0. The quantitative estimate of drug-likeness (QED) is 0.641. The molecule has 7 nitrogen and oxygen atoms in total. The maximum Gasteiger partial charge on any atom is 0.223 e. The number of phenolic OH excluding ortho intramolecular Hbond substituents is 1. The summed E-state index contributed by atoms with van der Waals surface area (Å²) in [6.45, 7) is 3.56. The van der Waals surface area contributed by atoms with E-state index in [4.69, 9.17) is 4.98 Å². The van der Waals surface area contributed by atoms with Gasteiger partial charge in [-0.2, -0.15) is 0 Å². The van der Waals surface area contributed by atoms with Crippen molar-refractivity contribution < 1.29 is 9.90 Å². The van der Waals surface area contributed by atoms with Gasteiger partial charge in [0.05, 0.1) is 18.1 Å². The average Bonchev–Trinajstić information content (AvgIpc) is 3.40. The van der Waals surface area contributed by atoms with E-state index < -0.39 is 0 Å². The van der Waals surface area contributed by atoms with Gasteiger partial charge in [0.25, 0.3) is 0 Å². The molecule has 7 heteroatoms. The van der Waals surface area contributed by atoms with Crippen molar-refractivity contribution in [2.24, 2.45) is 0 Å². The minimum Gasteiger partial charge on any atom is -0.507 e. The van der Waals surface area contributed by atoms with Crippen molar-refractivity contribution >= 4 is 5.91 Å². The van der Waals surface area contributed by atoms with E-state index in [0.29, 0.717) is 25.9 Å². The van der Waals surface area contributed by atoms with Crippen LogP contribution >= 0.6 is 0 Å². The Labute approximate surface area is 170 Å². The molecular weight excluding hydrogens is 366 g/mol. The highest BCUT2D eigenvalue weighted by Crippen LogP contribution is 2.34. The van der Waals surface area contributed by atoms with E-state index in [0.717, 1.165) is 42.0 Å². The number of phenols is 1. The van der Waals surface area contributed by atoms with Gasteiger partial charge in [0.2, 0.25) is 5.91 Å². The first kappa shape index (κ1) is 19.2. The molecule has 1 aliphatic heterocycles. The average molecular weight is 393 g/mol. The van der Waals surface area contributed by atoms with Gasteiger partial charge in [-0.1, -0.05) is 31.9 Å². The zero-order valence-electron chi connectivity index (χ0n) is 16.7. The lowest BCUT2D eigenvalue weighted by Crippen LogP contribution is -2.42. The number of aromatic hydroxyl groups is 1. The smallest absolute Gasteiger partial charge is 0.223 e. The molecule has 3 aromatic rings. The van der Waals surface area contributed by atoms with Gasteiger partial charge in [-0.3, -0.25) is 4.79 Å². The number of unbranched alkanes of at least 4 members (excludes halogenated alkanes) is 1. The van der Waals surface area contributed by atoms with Crippen molar-refractivity contribution in [3.8, 4) is 17.0 Å². The topological polar surface area (TPSA) is 87.0 Å². The Bertz CT molecular complexity index is 964. The summed E-state index contributed by atoms with van der Waals surface area (Å²) in [4.78, 5) is 26.9. The van der Waals surface area contributed by atoms with Crippen LogP contribution in [0, 0.1) is 0 Å². The van der Waals surface area contributed by atoms with Crippen LogP contribution in [0.15, 0.2) is 43.0 Å². The number of H-pyrrole nitrogens is 1. The van der Waals surface area contributed by atoms with Crippen molar-refractivity contribution in [3.05, 3.63) is 54.5 Å². The number of fused-ring (bicyclic) bond motifs is 1. The molecule has 1 atom stereocenters. The standard InChI is InChI=1S/C22H27N5O2/c1-2-3-7-19-22-25-18(17-6-4-5-8-20(17)28)14-26(22)11-12-27(19)21(29)10-9-16-13-23-15-24-16/h4-6,8,13-15,19,28H,2-3,7,9-12H2,1H3,(H,23,24)/t19-/m0/s1. The molecule has 0 saturated heterocycles.